The zero-order chi connectivity index (χ0) is 14.7. The van der Waals surface area contributed by atoms with Gasteiger partial charge in [-0.3, -0.25) is 0 Å². The van der Waals surface area contributed by atoms with Crippen molar-refractivity contribution in [1.29, 1.82) is 0 Å². The number of benzene rings is 1. The van der Waals surface area contributed by atoms with Gasteiger partial charge in [0.1, 0.15) is 0 Å². The Morgan fingerprint density at radius 2 is 1.95 bits per heavy atom. The van der Waals surface area contributed by atoms with Crippen LogP contribution in [0.5, 0.6) is 0 Å². The molecule has 0 N–H and O–H groups in total. The minimum atomic E-state index is 0.429. The predicted octanol–water partition coefficient (Wildman–Crippen LogP) is 4.26. The van der Waals surface area contributed by atoms with Crippen molar-refractivity contribution in [3.63, 3.8) is 0 Å². The molecule has 108 valence electrons. The van der Waals surface area contributed by atoms with Crippen molar-refractivity contribution in [1.82, 2.24) is 20.4 Å². The number of rotatable bonds is 5. The van der Waals surface area contributed by atoms with Crippen LogP contribution in [0.2, 0.25) is 5.02 Å². The summed E-state index contributed by atoms with van der Waals surface area (Å²) in [5.41, 5.74) is 0.739. The van der Waals surface area contributed by atoms with E-state index in [1.54, 1.807) is 29.2 Å². The van der Waals surface area contributed by atoms with Gasteiger partial charge in [-0.1, -0.05) is 58.6 Å². The van der Waals surface area contributed by atoms with Crippen LogP contribution in [0.15, 0.2) is 37.4 Å². The summed E-state index contributed by atoms with van der Waals surface area (Å²) in [6, 6.07) is 7.38. The lowest BCUT2D eigenvalue weighted by molar-refractivity contribution is 0.528. The normalized spacial score (nSPS) is 11.0. The molecule has 9 heteroatoms. The molecule has 0 saturated heterocycles. The van der Waals surface area contributed by atoms with Gasteiger partial charge in [-0.2, -0.15) is 0 Å². The van der Waals surface area contributed by atoms with E-state index in [0.29, 0.717) is 22.6 Å². The second kappa shape index (κ2) is 6.78. The maximum Gasteiger partial charge on any atom is 0.249 e. The van der Waals surface area contributed by atoms with E-state index in [-0.39, 0.29) is 0 Å². The van der Waals surface area contributed by atoms with E-state index < -0.39 is 0 Å². The summed E-state index contributed by atoms with van der Waals surface area (Å²) in [7, 11) is 0. The lowest BCUT2D eigenvalue weighted by Gasteiger charge is -1.96. The summed E-state index contributed by atoms with van der Waals surface area (Å²) in [6.45, 7) is 0. The van der Waals surface area contributed by atoms with Crippen LogP contribution < -0.4 is 0 Å². The molecule has 5 nitrogen and oxygen atoms in total. The lowest BCUT2D eigenvalue weighted by Crippen LogP contribution is -1.80. The monoisotopic (exact) mass is 356 g/mol. The molecule has 0 amide bonds. The molecule has 0 aliphatic heterocycles. The van der Waals surface area contributed by atoms with E-state index in [2.05, 4.69) is 20.4 Å². The third kappa shape index (κ3) is 3.57. The lowest BCUT2D eigenvalue weighted by atomic mass is 10.2. The van der Waals surface area contributed by atoms with Crippen LogP contribution in [0.1, 0.15) is 5.89 Å². The van der Waals surface area contributed by atoms with Gasteiger partial charge in [-0.05, 0) is 18.4 Å². The van der Waals surface area contributed by atoms with Crippen molar-refractivity contribution in [2.45, 2.75) is 14.4 Å². The van der Waals surface area contributed by atoms with E-state index in [0.717, 1.165) is 14.2 Å². The van der Waals surface area contributed by atoms with E-state index >= 15 is 0 Å². The Balaban J connectivity index is 1.69. The van der Waals surface area contributed by atoms with Gasteiger partial charge < -0.3 is 4.42 Å². The molecule has 0 unspecified atom stereocenters. The molecular weight excluding hydrogens is 348 g/mol. The molecule has 0 atom stereocenters. The first-order valence-electron chi connectivity index (χ1n) is 5.84. The standard InChI is InChI=1S/C12H9ClN4OS3/c1-19-11-16-17-12(21-11)20-6-9-14-15-10(18-9)7-4-2-3-5-8(7)13/h2-5H,6H2,1H3. The predicted molar refractivity (Wildman–Crippen MR) is 86.0 cm³/mol. The van der Waals surface area contributed by atoms with E-state index in [9.17, 15) is 0 Å². The highest BCUT2D eigenvalue weighted by Crippen LogP contribution is 2.31. The van der Waals surface area contributed by atoms with Crippen LogP contribution in [0.25, 0.3) is 11.5 Å². The first kappa shape index (κ1) is 14.8. The molecule has 3 aromatic rings. The van der Waals surface area contributed by atoms with Gasteiger partial charge in [0.25, 0.3) is 0 Å². The minimum absolute atomic E-state index is 0.429. The average Bonchev–Trinajstić information content (AvgIpc) is 3.14. The Hall–Kier alpha value is -1.09. The number of thioether (sulfide) groups is 2. The highest BCUT2D eigenvalue weighted by atomic mass is 35.5. The largest absolute Gasteiger partial charge is 0.420 e. The van der Waals surface area contributed by atoms with Crippen LogP contribution in [-0.2, 0) is 5.75 Å². The van der Waals surface area contributed by atoms with Crippen molar-refractivity contribution < 1.29 is 4.42 Å². The highest BCUT2D eigenvalue weighted by molar-refractivity contribution is 8.02. The van der Waals surface area contributed by atoms with Crippen molar-refractivity contribution in [3.05, 3.63) is 35.2 Å². The van der Waals surface area contributed by atoms with Gasteiger partial charge in [0.15, 0.2) is 8.68 Å². The Labute approximate surface area is 138 Å². The molecule has 2 heterocycles. The third-order valence-electron chi connectivity index (χ3n) is 2.45. The van der Waals surface area contributed by atoms with Crippen LogP contribution in [-0.4, -0.2) is 26.7 Å². The topological polar surface area (TPSA) is 64.7 Å². The zero-order valence-electron chi connectivity index (χ0n) is 10.8. The Bertz CT molecular complexity index is 745. The van der Waals surface area contributed by atoms with Crippen LogP contribution in [0, 0.1) is 0 Å². The van der Waals surface area contributed by atoms with Crippen molar-refractivity contribution in [2.24, 2.45) is 0 Å². The maximum atomic E-state index is 6.11. The molecule has 0 radical (unpaired) electrons. The van der Waals surface area contributed by atoms with Crippen molar-refractivity contribution in [3.8, 4) is 11.5 Å². The summed E-state index contributed by atoms with van der Waals surface area (Å²) in [5, 5.41) is 16.8. The Morgan fingerprint density at radius 1 is 1.14 bits per heavy atom. The molecule has 0 aliphatic rings. The zero-order valence-corrected chi connectivity index (χ0v) is 14.0. The molecule has 0 saturated carbocycles. The van der Waals surface area contributed by atoms with Gasteiger partial charge in [0, 0.05) is 0 Å². The molecule has 21 heavy (non-hydrogen) atoms. The minimum Gasteiger partial charge on any atom is -0.420 e. The fourth-order valence-corrected chi connectivity index (χ4v) is 4.01. The molecule has 0 fully saturated rings. The van der Waals surface area contributed by atoms with Gasteiger partial charge in [0.2, 0.25) is 11.8 Å². The summed E-state index contributed by atoms with van der Waals surface area (Å²) in [6.07, 6.45) is 1.98. The summed E-state index contributed by atoms with van der Waals surface area (Å²) >= 11 is 10.8. The molecule has 0 aliphatic carbocycles. The van der Waals surface area contributed by atoms with Crippen LogP contribution in [0.3, 0.4) is 0 Å². The van der Waals surface area contributed by atoms with E-state index in [1.807, 2.05) is 24.5 Å². The number of hydrogen-bond acceptors (Lipinski definition) is 8. The highest BCUT2D eigenvalue weighted by Gasteiger charge is 2.12. The smallest absolute Gasteiger partial charge is 0.249 e. The summed E-state index contributed by atoms with van der Waals surface area (Å²) in [5.74, 6) is 1.52. The van der Waals surface area contributed by atoms with Crippen LogP contribution in [0.4, 0.5) is 0 Å². The number of nitrogens with zero attached hydrogens (tertiary/aromatic N) is 4. The maximum absolute atomic E-state index is 6.11. The number of halogens is 1. The third-order valence-corrected chi connectivity index (χ3v) is 5.80. The van der Waals surface area contributed by atoms with Crippen LogP contribution >= 0.6 is 46.5 Å². The van der Waals surface area contributed by atoms with Gasteiger partial charge in [-0.25, -0.2) is 0 Å². The quantitative estimate of drug-likeness (QED) is 0.633. The molecule has 1 aromatic carbocycles. The summed E-state index contributed by atoms with van der Waals surface area (Å²) in [4.78, 5) is 0. The first-order chi connectivity index (χ1) is 10.3. The Kier molecular flexibility index (Phi) is 4.79. The fraction of sp³-hybridized carbons (Fsp3) is 0.167. The Morgan fingerprint density at radius 3 is 2.71 bits per heavy atom. The van der Waals surface area contributed by atoms with Gasteiger partial charge in [0.05, 0.1) is 16.3 Å². The fourth-order valence-electron chi connectivity index (χ4n) is 1.52. The van der Waals surface area contributed by atoms with E-state index in [1.165, 1.54) is 11.8 Å². The molecular formula is C12H9ClN4OS3. The van der Waals surface area contributed by atoms with Gasteiger partial charge in [-0.15, -0.1) is 20.4 Å². The first-order valence-corrected chi connectivity index (χ1v) is 9.24. The molecule has 3 rings (SSSR count). The van der Waals surface area contributed by atoms with Crippen molar-refractivity contribution in [2.75, 3.05) is 6.26 Å². The van der Waals surface area contributed by atoms with E-state index in [4.69, 9.17) is 16.0 Å². The molecule has 2 aromatic heterocycles. The second-order valence-corrected chi connectivity index (χ2v) is 7.47. The second-order valence-electron chi connectivity index (χ2n) is 3.81. The number of hydrogen-bond donors (Lipinski definition) is 0. The average molecular weight is 357 g/mol. The summed E-state index contributed by atoms with van der Waals surface area (Å²) < 4.78 is 7.46. The molecule has 0 bridgehead atoms. The SMILES string of the molecule is CSc1nnc(SCc2nnc(-c3ccccc3Cl)o2)s1. The molecule has 0 spiro atoms. The van der Waals surface area contributed by atoms with Gasteiger partial charge >= 0.3 is 0 Å². The van der Waals surface area contributed by atoms with Crippen molar-refractivity contribution >= 4 is 46.5 Å². The number of aromatic nitrogens is 4.